The van der Waals surface area contributed by atoms with Crippen molar-refractivity contribution in [2.24, 2.45) is 0 Å². The molecular formula is C13H15N3O. The molecule has 3 rings (SSSR count). The summed E-state index contributed by atoms with van der Waals surface area (Å²) in [5.41, 5.74) is 9.62. The van der Waals surface area contributed by atoms with Gasteiger partial charge in [-0.2, -0.15) is 0 Å². The third-order valence-electron chi connectivity index (χ3n) is 2.96. The van der Waals surface area contributed by atoms with Gasteiger partial charge in [-0.1, -0.05) is 0 Å². The average Bonchev–Trinajstić information content (AvgIpc) is 2.82. The van der Waals surface area contributed by atoms with E-state index in [-0.39, 0.29) is 0 Å². The van der Waals surface area contributed by atoms with E-state index < -0.39 is 0 Å². The molecule has 88 valence electrons. The van der Waals surface area contributed by atoms with Crippen molar-refractivity contribution in [2.45, 2.75) is 13.3 Å². The first-order chi connectivity index (χ1) is 8.24. The van der Waals surface area contributed by atoms with E-state index in [4.69, 9.17) is 10.6 Å². The van der Waals surface area contributed by atoms with E-state index in [9.17, 15) is 0 Å². The molecule has 2 aromatic rings. The molecule has 1 fully saturated rings. The number of nitrogen functional groups attached to an aromatic ring is 1. The fourth-order valence-electron chi connectivity index (χ4n) is 2.20. The van der Waals surface area contributed by atoms with Crippen molar-refractivity contribution >= 4 is 22.3 Å². The molecule has 2 N–H and O–H groups in total. The number of rotatable bonds is 1. The first-order valence-corrected chi connectivity index (χ1v) is 5.81. The van der Waals surface area contributed by atoms with Crippen molar-refractivity contribution in [1.29, 1.82) is 0 Å². The SMILES string of the molecule is Cc1cc(N2CCCO2)c2cc(N)ccc2n1. The van der Waals surface area contributed by atoms with Gasteiger partial charge in [-0.05, 0) is 37.6 Å². The van der Waals surface area contributed by atoms with Crippen LogP contribution in [0, 0.1) is 6.92 Å². The molecule has 0 aliphatic carbocycles. The summed E-state index contributed by atoms with van der Waals surface area (Å²) >= 11 is 0. The summed E-state index contributed by atoms with van der Waals surface area (Å²) in [6.45, 7) is 3.70. The molecule has 0 saturated carbocycles. The lowest BCUT2D eigenvalue weighted by molar-refractivity contribution is 0.169. The van der Waals surface area contributed by atoms with Gasteiger partial charge in [0.1, 0.15) is 0 Å². The molecule has 1 aliphatic rings. The highest BCUT2D eigenvalue weighted by molar-refractivity contribution is 5.93. The minimum atomic E-state index is 0.753. The molecule has 0 radical (unpaired) electrons. The van der Waals surface area contributed by atoms with Gasteiger partial charge < -0.3 is 5.73 Å². The molecule has 0 spiro atoms. The van der Waals surface area contributed by atoms with E-state index in [1.54, 1.807) is 0 Å². The second-order valence-corrected chi connectivity index (χ2v) is 4.35. The largest absolute Gasteiger partial charge is 0.399 e. The predicted octanol–water partition coefficient (Wildman–Crippen LogP) is 2.27. The van der Waals surface area contributed by atoms with Crippen molar-refractivity contribution in [2.75, 3.05) is 23.9 Å². The van der Waals surface area contributed by atoms with Crippen molar-refractivity contribution in [3.63, 3.8) is 0 Å². The fourth-order valence-corrected chi connectivity index (χ4v) is 2.20. The lowest BCUT2D eigenvalue weighted by atomic mass is 10.1. The molecule has 0 unspecified atom stereocenters. The maximum absolute atomic E-state index is 5.84. The topological polar surface area (TPSA) is 51.4 Å². The first-order valence-electron chi connectivity index (χ1n) is 5.81. The van der Waals surface area contributed by atoms with Crippen LogP contribution in [0.1, 0.15) is 12.1 Å². The Kier molecular flexibility index (Phi) is 2.37. The fraction of sp³-hybridized carbons (Fsp3) is 0.308. The van der Waals surface area contributed by atoms with E-state index in [2.05, 4.69) is 4.98 Å². The Hall–Kier alpha value is -1.81. The van der Waals surface area contributed by atoms with Gasteiger partial charge in [-0.25, -0.2) is 0 Å². The number of pyridine rings is 1. The van der Waals surface area contributed by atoms with Crippen molar-refractivity contribution in [3.8, 4) is 0 Å². The van der Waals surface area contributed by atoms with E-state index in [1.807, 2.05) is 36.3 Å². The van der Waals surface area contributed by atoms with E-state index in [0.717, 1.165) is 47.5 Å². The summed E-state index contributed by atoms with van der Waals surface area (Å²) in [5, 5.41) is 2.99. The third-order valence-corrected chi connectivity index (χ3v) is 2.96. The summed E-state index contributed by atoms with van der Waals surface area (Å²) in [6, 6.07) is 7.84. The van der Waals surface area contributed by atoms with Crippen LogP contribution in [0.15, 0.2) is 24.3 Å². The van der Waals surface area contributed by atoms with Crippen LogP contribution in [0.25, 0.3) is 10.9 Å². The summed E-state index contributed by atoms with van der Waals surface area (Å²) in [5.74, 6) is 0. The second kappa shape index (κ2) is 3.89. The van der Waals surface area contributed by atoms with Crippen LogP contribution in [-0.4, -0.2) is 18.1 Å². The Morgan fingerprint density at radius 3 is 3.00 bits per heavy atom. The van der Waals surface area contributed by atoms with Crippen LogP contribution in [-0.2, 0) is 4.84 Å². The van der Waals surface area contributed by atoms with Crippen molar-refractivity contribution in [3.05, 3.63) is 30.0 Å². The Bertz CT molecular complexity index is 562. The number of fused-ring (bicyclic) bond motifs is 1. The van der Waals surface area contributed by atoms with Gasteiger partial charge in [-0.3, -0.25) is 14.9 Å². The number of nitrogens with two attached hydrogens (primary N) is 1. The monoisotopic (exact) mass is 229 g/mol. The van der Waals surface area contributed by atoms with Gasteiger partial charge in [0, 0.05) is 23.3 Å². The number of benzene rings is 1. The van der Waals surface area contributed by atoms with Gasteiger partial charge in [0.25, 0.3) is 0 Å². The van der Waals surface area contributed by atoms with Crippen LogP contribution in [0.3, 0.4) is 0 Å². The molecule has 17 heavy (non-hydrogen) atoms. The Labute approximate surface area is 100.0 Å². The molecule has 1 aliphatic heterocycles. The number of aryl methyl sites for hydroxylation is 1. The maximum atomic E-state index is 5.84. The van der Waals surface area contributed by atoms with E-state index in [0.29, 0.717) is 0 Å². The third kappa shape index (κ3) is 1.80. The summed E-state index contributed by atoms with van der Waals surface area (Å²) < 4.78 is 0. The van der Waals surface area contributed by atoms with Gasteiger partial charge in [0.05, 0.1) is 17.8 Å². The maximum Gasteiger partial charge on any atom is 0.0766 e. The molecule has 2 heterocycles. The van der Waals surface area contributed by atoms with E-state index in [1.165, 1.54) is 0 Å². The van der Waals surface area contributed by atoms with Crippen molar-refractivity contribution < 1.29 is 4.84 Å². The highest BCUT2D eigenvalue weighted by Crippen LogP contribution is 2.30. The van der Waals surface area contributed by atoms with Crippen LogP contribution >= 0.6 is 0 Å². The second-order valence-electron chi connectivity index (χ2n) is 4.35. The molecule has 1 saturated heterocycles. The Balaban J connectivity index is 2.23. The number of aromatic nitrogens is 1. The molecule has 0 atom stereocenters. The number of anilines is 2. The van der Waals surface area contributed by atoms with Crippen LogP contribution < -0.4 is 10.8 Å². The molecular weight excluding hydrogens is 214 g/mol. The predicted molar refractivity (Wildman–Crippen MR) is 68.8 cm³/mol. The van der Waals surface area contributed by atoms with Gasteiger partial charge in [0.15, 0.2) is 0 Å². The smallest absolute Gasteiger partial charge is 0.0766 e. The Morgan fingerprint density at radius 1 is 1.35 bits per heavy atom. The number of hydroxylamine groups is 1. The molecule has 1 aromatic carbocycles. The molecule has 0 amide bonds. The lowest BCUT2D eigenvalue weighted by Crippen LogP contribution is -2.16. The summed E-state index contributed by atoms with van der Waals surface area (Å²) in [4.78, 5) is 10.1. The lowest BCUT2D eigenvalue weighted by Gasteiger charge is -2.18. The highest BCUT2D eigenvalue weighted by Gasteiger charge is 2.17. The standard InChI is InChI=1S/C13H15N3O/c1-9-7-13(16-5-2-6-17-16)11-8-10(14)3-4-12(11)15-9/h3-4,7-8H,2,5-6,14H2,1H3. The molecule has 4 nitrogen and oxygen atoms in total. The van der Waals surface area contributed by atoms with Crippen LogP contribution in [0.5, 0.6) is 0 Å². The zero-order valence-corrected chi connectivity index (χ0v) is 9.81. The van der Waals surface area contributed by atoms with Crippen molar-refractivity contribution in [1.82, 2.24) is 4.98 Å². The first kappa shape index (κ1) is 10.4. The van der Waals surface area contributed by atoms with Gasteiger partial charge in [-0.15, -0.1) is 0 Å². The van der Waals surface area contributed by atoms with Gasteiger partial charge in [0.2, 0.25) is 0 Å². The highest BCUT2D eigenvalue weighted by atomic mass is 16.7. The van der Waals surface area contributed by atoms with Gasteiger partial charge >= 0.3 is 0 Å². The Morgan fingerprint density at radius 2 is 2.24 bits per heavy atom. The van der Waals surface area contributed by atoms with E-state index >= 15 is 0 Å². The molecule has 4 heteroatoms. The van der Waals surface area contributed by atoms with Crippen LogP contribution in [0.4, 0.5) is 11.4 Å². The number of hydrogen-bond donors (Lipinski definition) is 1. The number of nitrogens with zero attached hydrogens (tertiary/aromatic N) is 2. The minimum Gasteiger partial charge on any atom is -0.399 e. The minimum absolute atomic E-state index is 0.753. The molecule has 0 bridgehead atoms. The zero-order valence-electron chi connectivity index (χ0n) is 9.81. The summed E-state index contributed by atoms with van der Waals surface area (Å²) in [7, 11) is 0. The average molecular weight is 229 g/mol. The summed E-state index contributed by atoms with van der Waals surface area (Å²) in [6.07, 6.45) is 1.06. The van der Waals surface area contributed by atoms with Crippen LogP contribution in [0.2, 0.25) is 0 Å². The quantitative estimate of drug-likeness (QED) is 0.762. The number of hydrogen-bond acceptors (Lipinski definition) is 4. The zero-order chi connectivity index (χ0) is 11.8. The normalized spacial score (nSPS) is 15.7. The molecule has 1 aromatic heterocycles.